The molecule has 174 valence electrons. The SMILES string of the molecule is COCCn1nc(C)c(NC(=O)N2Cc3cc(OC)ccc3C[C@@H]2C2CCCCC2)c1C. The van der Waals surface area contributed by atoms with Gasteiger partial charge in [-0.2, -0.15) is 5.10 Å². The molecule has 0 radical (unpaired) electrons. The number of rotatable bonds is 6. The van der Waals surface area contributed by atoms with E-state index in [0.29, 0.717) is 25.6 Å². The molecule has 2 heterocycles. The van der Waals surface area contributed by atoms with E-state index in [4.69, 9.17) is 9.47 Å². The van der Waals surface area contributed by atoms with Crippen LogP contribution in [0.3, 0.4) is 0 Å². The van der Waals surface area contributed by atoms with Crippen LogP contribution in [0, 0.1) is 19.8 Å². The predicted octanol–water partition coefficient (Wildman–Crippen LogP) is 4.69. The first-order chi connectivity index (χ1) is 15.5. The summed E-state index contributed by atoms with van der Waals surface area (Å²) in [7, 11) is 3.37. The Labute approximate surface area is 191 Å². The lowest BCUT2D eigenvalue weighted by molar-refractivity contribution is 0.125. The molecule has 0 saturated heterocycles. The van der Waals surface area contributed by atoms with Gasteiger partial charge in [0, 0.05) is 19.7 Å². The summed E-state index contributed by atoms with van der Waals surface area (Å²) in [4.78, 5) is 15.7. The molecule has 1 aliphatic heterocycles. The van der Waals surface area contributed by atoms with Gasteiger partial charge >= 0.3 is 6.03 Å². The first kappa shape index (κ1) is 22.6. The Kier molecular flexibility index (Phi) is 7.04. The van der Waals surface area contributed by atoms with Crippen LogP contribution in [0.5, 0.6) is 5.75 Å². The second kappa shape index (κ2) is 9.94. The molecule has 2 amide bonds. The highest BCUT2D eigenvalue weighted by Gasteiger charge is 2.36. The Bertz CT molecular complexity index is 949. The van der Waals surface area contributed by atoms with Crippen LogP contribution in [0.25, 0.3) is 0 Å². The number of aryl methyl sites for hydroxylation is 1. The van der Waals surface area contributed by atoms with Gasteiger partial charge in [0.05, 0.1) is 37.3 Å². The zero-order valence-corrected chi connectivity index (χ0v) is 19.8. The Balaban J connectivity index is 1.59. The van der Waals surface area contributed by atoms with Crippen molar-refractivity contribution in [3.63, 3.8) is 0 Å². The van der Waals surface area contributed by atoms with Crippen molar-refractivity contribution in [1.29, 1.82) is 0 Å². The lowest BCUT2D eigenvalue weighted by Crippen LogP contribution is -2.50. The summed E-state index contributed by atoms with van der Waals surface area (Å²) < 4.78 is 12.5. The smallest absolute Gasteiger partial charge is 0.322 e. The minimum absolute atomic E-state index is 0.0356. The van der Waals surface area contributed by atoms with Crippen LogP contribution in [-0.2, 0) is 24.2 Å². The normalized spacial score (nSPS) is 19.0. The molecule has 0 unspecified atom stereocenters. The molecule has 2 aliphatic rings. The second-order valence-electron chi connectivity index (χ2n) is 9.12. The number of hydrogen-bond acceptors (Lipinski definition) is 4. The summed E-state index contributed by atoms with van der Waals surface area (Å²) in [5.74, 6) is 1.39. The third-order valence-electron chi connectivity index (χ3n) is 7.16. The Morgan fingerprint density at radius 3 is 2.66 bits per heavy atom. The van der Waals surface area contributed by atoms with Gasteiger partial charge in [0.15, 0.2) is 0 Å². The lowest BCUT2D eigenvalue weighted by atomic mass is 9.78. The molecule has 1 saturated carbocycles. The van der Waals surface area contributed by atoms with Gasteiger partial charge in [0.1, 0.15) is 5.75 Å². The first-order valence-corrected chi connectivity index (χ1v) is 11.8. The minimum Gasteiger partial charge on any atom is -0.497 e. The summed E-state index contributed by atoms with van der Waals surface area (Å²) in [5, 5.41) is 7.81. The molecule has 7 heteroatoms. The fourth-order valence-corrected chi connectivity index (χ4v) is 5.33. The van der Waals surface area contributed by atoms with Crippen molar-refractivity contribution in [1.82, 2.24) is 14.7 Å². The van der Waals surface area contributed by atoms with E-state index < -0.39 is 0 Å². The van der Waals surface area contributed by atoms with E-state index in [2.05, 4.69) is 27.4 Å². The number of hydrogen-bond donors (Lipinski definition) is 1. The van der Waals surface area contributed by atoms with E-state index >= 15 is 0 Å². The van der Waals surface area contributed by atoms with Crippen LogP contribution in [0.15, 0.2) is 18.2 Å². The fraction of sp³-hybridized carbons (Fsp3) is 0.600. The Hall–Kier alpha value is -2.54. The predicted molar refractivity (Wildman–Crippen MR) is 125 cm³/mol. The van der Waals surface area contributed by atoms with Crippen LogP contribution >= 0.6 is 0 Å². The van der Waals surface area contributed by atoms with Gasteiger partial charge in [-0.15, -0.1) is 0 Å². The van der Waals surface area contributed by atoms with Crippen LogP contribution in [0.1, 0.15) is 54.6 Å². The number of benzene rings is 1. The highest BCUT2D eigenvalue weighted by Crippen LogP contribution is 2.36. The molecule has 1 N–H and O–H groups in total. The third-order valence-corrected chi connectivity index (χ3v) is 7.16. The highest BCUT2D eigenvalue weighted by atomic mass is 16.5. The van der Waals surface area contributed by atoms with Crippen molar-refractivity contribution in [3.05, 3.63) is 40.7 Å². The average Bonchev–Trinajstić information content (AvgIpc) is 3.09. The van der Waals surface area contributed by atoms with E-state index in [1.54, 1.807) is 14.2 Å². The minimum atomic E-state index is -0.0356. The van der Waals surface area contributed by atoms with Crippen molar-refractivity contribution in [2.24, 2.45) is 5.92 Å². The van der Waals surface area contributed by atoms with Gasteiger partial charge in [0.25, 0.3) is 0 Å². The van der Waals surface area contributed by atoms with E-state index in [9.17, 15) is 4.79 Å². The maximum atomic E-state index is 13.6. The van der Waals surface area contributed by atoms with Crippen molar-refractivity contribution in [2.75, 3.05) is 26.1 Å². The van der Waals surface area contributed by atoms with Gasteiger partial charge in [-0.3, -0.25) is 4.68 Å². The highest BCUT2D eigenvalue weighted by molar-refractivity contribution is 5.91. The first-order valence-electron chi connectivity index (χ1n) is 11.8. The fourth-order valence-electron chi connectivity index (χ4n) is 5.33. The maximum absolute atomic E-state index is 13.6. The van der Waals surface area contributed by atoms with Crippen LogP contribution in [0.4, 0.5) is 10.5 Å². The molecular weight excluding hydrogens is 404 g/mol. The van der Waals surface area contributed by atoms with Crippen molar-refractivity contribution < 1.29 is 14.3 Å². The topological polar surface area (TPSA) is 68.6 Å². The van der Waals surface area contributed by atoms with E-state index in [1.165, 1.54) is 43.2 Å². The lowest BCUT2D eigenvalue weighted by Gasteiger charge is -2.42. The number of amides is 2. The van der Waals surface area contributed by atoms with Gasteiger partial charge in [-0.1, -0.05) is 25.3 Å². The van der Waals surface area contributed by atoms with Crippen molar-refractivity contribution in [2.45, 2.75) is 71.5 Å². The standard InChI is InChI=1S/C25H36N4O3/c1-17-24(18(2)29(27-17)12-13-31-3)26-25(30)28-16-21-14-22(32-4)11-10-20(21)15-23(28)19-8-6-5-7-9-19/h10-11,14,19,23H,5-9,12-13,15-16H2,1-4H3,(H,26,30)/t23-/m1/s1. The number of carbonyl (C=O) groups is 1. The van der Waals surface area contributed by atoms with Gasteiger partial charge in [-0.25, -0.2) is 4.79 Å². The number of nitrogens with zero attached hydrogens (tertiary/aromatic N) is 3. The number of aromatic nitrogens is 2. The van der Waals surface area contributed by atoms with E-state index in [0.717, 1.165) is 29.2 Å². The monoisotopic (exact) mass is 440 g/mol. The largest absolute Gasteiger partial charge is 0.497 e. The summed E-state index contributed by atoms with van der Waals surface area (Å²) in [6.07, 6.45) is 7.14. The quantitative estimate of drug-likeness (QED) is 0.707. The van der Waals surface area contributed by atoms with Crippen LogP contribution < -0.4 is 10.1 Å². The van der Waals surface area contributed by atoms with Crippen LogP contribution in [0.2, 0.25) is 0 Å². The summed E-state index contributed by atoms with van der Waals surface area (Å²) in [6.45, 7) is 5.81. The number of carbonyl (C=O) groups excluding carboxylic acids is 1. The summed E-state index contributed by atoms with van der Waals surface area (Å²) in [5.41, 5.74) is 5.12. The zero-order chi connectivity index (χ0) is 22.7. The van der Waals surface area contributed by atoms with Crippen LogP contribution in [-0.4, -0.2) is 47.6 Å². The number of methoxy groups -OCH3 is 2. The Morgan fingerprint density at radius 1 is 1.16 bits per heavy atom. The molecule has 2 aromatic rings. The van der Waals surface area contributed by atoms with E-state index in [1.807, 2.05) is 24.6 Å². The number of nitrogens with one attached hydrogen (secondary N) is 1. The number of fused-ring (bicyclic) bond motifs is 1. The molecule has 0 spiro atoms. The molecular formula is C25H36N4O3. The molecule has 1 aromatic carbocycles. The molecule has 1 aromatic heterocycles. The van der Waals surface area contributed by atoms with E-state index in [-0.39, 0.29) is 12.1 Å². The number of urea groups is 1. The van der Waals surface area contributed by atoms with Crippen molar-refractivity contribution >= 4 is 11.7 Å². The molecule has 1 fully saturated rings. The maximum Gasteiger partial charge on any atom is 0.322 e. The van der Waals surface area contributed by atoms with Gasteiger partial charge in [0.2, 0.25) is 0 Å². The number of anilines is 1. The average molecular weight is 441 g/mol. The van der Waals surface area contributed by atoms with Crippen molar-refractivity contribution in [3.8, 4) is 5.75 Å². The second-order valence-corrected chi connectivity index (χ2v) is 9.12. The molecule has 7 nitrogen and oxygen atoms in total. The molecule has 1 atom stereocenters. The Morgan fingerprint density at radius 2 is 1.94 bits per heavy atom. The molecule has 4 rings (SSSR count). The van der Waals surface area contributed by atoms with Gasteiger partial charge in [-0.05, 0) is 62.3 Å². The third kappa shape index (κ3) is 4.63. The molecule has 32 heavy (non-hydrogen) atoms. The summed E-state index contributed by atoms with van der Waals surface area (Å²) >= 11 is 0. The zero-order valence-electron chi connectivity index (χ0n) is 19.8. The molecule has 1 aliphatic carbocycles. The van der Waals surface area contributed by atoms with Gasteiger partial charge < -0.3 is 19.7 Å². The summed E-state index contributed by atoms with van der Waals surface area (Å²) in [6, 6.07) is 6.47. The number of ether oxygens (including phenoxy) is 2. The molecule has 0 bridgehead atoms.